The molecule has 0 aromatic heterocycles. The molecule has 0 amide bonds. The number of benzene rings is 2. The number of anilines is 2. The Morgan fingerprint density at radius 3 is 2.52 bits per heavy atom. The van der Waals surface area contributed by atoms with Gasteiger partial charge in [-0.1, -0.05) is 29.3 Å². The van der Waals surface area contributed by atoms with Crippen molar-refractivity contribution in [2.45, 2.75) is 11.8 Å². The average molecular weight is 349 g/mol. The fraction of sp³-hybridized carbons (Fsp3) is 0.0769. The molecule has 0 aliphatic carbocycles. The Hall–Kier alpha value is -1.50. The highest BCUT2D eigenvalue weighted by Gasteiger charge is 2.21. The van der Waals surface area contributed by atoms with Crippen LogP contribution in [0.1, 0.15) is 5.56 Å². The molecule has 0 spiro atoms. The Kier molecular flexibility index (Phi) is 4.32. The van der Waals surface area contributed by atoms with Crippen molar-refractivity contribution in [2.24, 2.45) is 0 Å². The SMILES string of the molecule is Cc1cc(Cl)c(S(=O)(=O)Nc2cccc(Cl)c2F)cc1N. The van der Waals surface area contributed by atoms with Crippen LogP contribution in [0.3, 0.4) is 0 Å². The zero-order chi connectivity index (χ0) is 15.8. The monoisotopic (exact) mass is 348 g/mol. The molecule has 4 nitrogen and oxygen atoms in total. The molecule has 0 radical (unpaired) electrons. The molecule has 0 saturated heterocycles. The van der Waals surface area contributed by atoms with Crippen LogP contribution >= 0.6 is 23.2 Å². The Morgan fingerprint density at radius 2 is 1.86 bits per heavy atom. The molecule has 0 fully saturated rings. The van der Waals surface area contributed by atoms with Gasteiger partial charge < -0.3 is 5.73 Å². The first-order valence-electron chi connectivity index (χ1n) is 5.75. The summed E-state index contributed by atoms with van der Waals surface area (Å²) in [6, 6.07) is 6.65. The molecule has 3 N–H and O–H groups in total. The van der Waals surface area contributed by atoms with E-state index in [1.807, 2.05) is 0 Å². The average Bonchev–Trinajstić information content (AvgIpc) is 2.39. The third kappa shape index (κ3) is 3.23. The quantitative estimate of drug-likeness (QED) is 0.828. The lowest BCUT2D eigenvalue weighted by Gasteiger charge is -2.12. The van der Waals surface area contributed by atoms with Gasteiger partial charge in [-0.2, -0.15) is 0 Å². The summed E-state index contributed by atoms with van der Waals surface area (Å²) in [5.74, 6) is -0.862. The van der Waals surface area contributed by atoms with Gasteiger partial charge in [0.2, 0.25) is 0 Å². The first-order valence-corrected chi connectivity index (χ1v) is 7.99. The van der Waals surface area contributed by atoms with Crippen LogP contribution in [0.25, 0.3) is 0 Å². The Bertz CT molecular complexity index is 810. The number of nitrogen functional groups attached to an aromatic ring is 1. The number of hydrogen-bond acceptors (Lipinski definition) is 3. The van der Waals surface area contributed by atoms with E-state index in [9.17, 15) is 12.8 Å². The van der Waals surface area contributed by atoms with Gasteiger partial charge in [0.05, 0.1) is 15.7 Å². The van der Waals surface area contributed by atoms with Crippen LogP contribution in [0.15, 0.2) is 35.2 Å². The molecule has 0 aliphatic heterocycles. The number of nitrogens with two attached hydrogens (primary N) is 1. The first-order chi connectivity index (χ1) is 9.72. The van der Waals surface area contributed by atoms with Crippen LogP contribution in [-0.4, -0.2) is 8.42 Å². The number of rotatable bonds is 3. The normalized spacial score (nSPS) is 11.4. The van der Waals surface area contributed by atoms with Crippen molar-refractivity contribution in [2.75, 3.05) is 10.5 Å². The molecule has 8 heteroatoms. The van der Waals surface area contributed by atoms with E-state index in [-0.39, 0.29) is 26.3 Å². The molecule has 2 aromatic rings. The number of hydrogen-bond donors (Lipinski definition) is 2. The molecular weight excluding hydrogens is 338 g/mol. The molecule has 2 aromatic carbocycles. The summed E-state index contributed by atoms with van der Waals surface area (Å²) in [5.41, 5.74) is 6.34. The van der Waals surface area contributed by atoms with Gasteiger partial charge in [-0.3, -0.25) is 4.72 Å². The maximum absolute atomic E-state index is 13.8. The van der Waals surface area contributed by atoms with Gasteiger partial charge in [0.1, 0.15) is 4.90 Å². The third-order valence-electron chi connectivity index (χ3n) is 2.81. The van der Waals surface area contributed by atoms with Crippen molar-refractivity contribution in [3.63, 3.8) is 0 Å². The number of sulfonamides is 1. The van der Waals surface area contributed by atoms with Gasteiger partial charge >= 0.3 is 0 Å². The van der Waals surface area contributed by atoms with E-state index in [1.165, 1.54) is 30.3 Å². The lowest BCUT2D eigenvalue weighted by Crippen LogP contribution is -2.15. The second-order valence-electron chi connectivity index (χ2n) is 4.35. The van der Waals surface area contributed by atoms with E-state index >= 15 is 0 Å². The highest BCUT2D eigenvalue weighted by Crippen LogP contribution is 2.30. The van der Waals surface area contributed by atoms with Gasteiger partial charge in [-0.15, -0.1) is 0 Å². The Balaban J connectivity index is 2.48. The Morgan fingerprint density at radius 1 is 1.19 bits per heavy atom. The summed E-state index contributed by atoms with van der Waals surface area (Å²) in [6.07, 6.45) is 0. The first kappa shape index (κ1) is 15.9. The van der Waals surface area contributed by atoms with Crippen molar-refractivity contribution >= 4 is 44.6 Å². The minimum atomic E-state index is -4.08. The number of nitrogens with one attached hydrogen (secondary N) is 1. The standard InChI is InChI=1S/C13H11Cl2FN2O2S/c1-7-5-9(15)12(6-10(7)17)21(19,20)18-11-4-2-3-8(14)13(11)16/h2-6,18H,17H2,1H3. The van der Waals surface area contributed by atoms with Gasteiger partial charge in [0.25, 0.3) is 10.0 Å². The van der Waals surface area contributed by atoms with Crippen molar-refractivity contribution in [3.05, 3.63) is 51.8 Å². The zero-order valence-corrected chi connectivity index (χ0v) is 13.2. The van der Waals surface area contributed by atoms with Gasteiger partial charge in [0, 0.05) is 5.69 Å². The summed E-state index contributed by atoms with van der Waals surface area (Å²) >= 11 is 11.5. The van der Waals surface area contributed by atoms with Gasteiger partial charge in [-0.05, 0) is 36.8 Å². The highest BCUT2D eigenvalue weighted by atomic mass is 35.5. The van der Waals surface area contributed by atoms with Crippen LogP contribution in [0, 0.1) is 12.7 Å². The molecule has 21 heavy (non-hydrogen) atoms. The van der Waals surface area contributed by atoms with E-state index in [4.69, 9.17) is 28.9 Å². The lowest BCUT2D eigenvalue weighted by atomic mass is 10.2. The smallest absolute Gasteiger partial charge is 0.263 e. The molecule has 112 valence electrons. The molecule has 0 aliphatic rings. The molecule has 2 rings (SSSR count). The minimum Gasteiger partial charge on any atom is -0.398 e. The van der Waals surface area contributed by atoms with Crippen LogP contribution in [-0.2, 0) is 10.0 Å². The van der Waals surface area contributed by atoms with E-state index in [2.05, 4.69) is 4.72 Å². The lowest BCUT2D eigenvalue weighted by molar-refractivity contribution is 0.598. The maximum atomic E-state index is 13.8. The predicted molar refractivity (Wildman–Crippen MR) is 82.8 cm³/mol. The van der Waals surface area contributed by atoms with Crippen molar-refractivity contribution < 1.29 is 12.8 Å². The highest BCUT2D eigenvalue weighted by molar-refractivity contribution is 7.92. The molecular formula is C13H11Cl2FN2O2S. The molecule has 0 atom stereocenters. The van der Waals surface area contributed by atoms with E-state index < -0.39 is 15.8 Å². The van der Waals surface area contributed by atoms with Gasteiger partial charge in [-0.25, -0.2) is 12.8 Å². The molecule has 0 heterocycles. The molecule has 0 bridgehead atoms. The van der Waals surface area contributed by atoms with E-state index in [1.54, 1.807) is 6.92 Å². The largest absolute Gasteiger partial charge is 0.398 e. The summed E-state index contributed by atoms with van der Waals surface area (Å²) in [5, 5.41) is -0.193. The predicted octanol–water partition coefficient (Wildman–Crippen LogP) is 3.82. The van der Waals surface area contributed by atoms with Gasteiger partial charge in [0.15, 0.2) is 5.82 Å². The summed E-state index contributed by atoms with van der Waals surface area (Å²) < 4.78 is 40.5. The molecule has 0 unspecified atom stereocenters. The summed E-state index contributed by atoms with van der Waals surface area (Å²) in [6.45, 7) is 1.70. The van der Waals surface area contributed by atoms with Crippen molar-refractivity contribution in [1.82, 2.24) is 0 Å². The van der Waals surface area contributed by atoms with E-state index in [0.717, 1.165) is 0 Å². The van der Waals surface area contributed by atoms with Crippen molar-refractivity contribution in [1.29, 1.82) is 0 Å². The van der Waals surface area contributed by atoms with Crippen molar-refractivity contribution in [3.8, 4) is 0 Å². The van der Waals surface area contributed by atoms with Crippen LogP contribution in [0.5, 0.6) is 0 Å². The Labute approximate surface area is 131 Å². The third-order valence-corrected chi connectivity index (χ3v) is 4.93. The zero-order valence-electron chi connectivity index (χ0n) is 10.8. The topological polar surface area (TPSA) is 72.2 Å². The minimum absolute atomic E-state index is 0.00311. The summed E-state index contributed by atoms with van der Waals surface area (Å²) in [7, 11) is -4.08. The fourth-order valence-electron chi connectivity index (χ4n) is 1.66. The number of aryl methyl sites for hydroxylation is 1. The van der Waals surface area contributed by atoms with Crippen LogP contribution in [0.4, 0.5) is 15.8 Å². The maximum Gasteiger partial charge on any atom is 0.263 e. The second kappa shape index (κ2) is 5.71. The van der Waals surface area contributed by atoms with Crippen LogP contribution in [0.2, 0.25) is 10.0 Å². The second-order valence-corrected chi connectivity index (χ2v) is 6.81. The number of halogens is 3. The van der Waals surface area contributed by atoms with Crippen LogP contribution < -0.4 is 10.5 Å². The molecule has 0 saturated carbocycles. The fourth-order valence-corrected chi connectivity index (χ4v) is 3.51. The summed E-state index contributed by atoms with van der Waals surface area (Å²) in [4.78, 5) is -0.230. The van der Waals surface area contributed by atoms with E-state index in [0.29, 0.717) is 5.56 Å².